The Morgan fingerprint density at radius 1 is 0.722 bits per heavy atom. The second kappa shape index (κ2) is 35.4. The number of aliphatic hydroxyl groups excluding tert-OH is 1. The fourth-order valence-corrected chi connectivity index (χ4v) is 6.21. The van der Waals surface area contributed by atoms with Crippen LogP contribution in [0.1, 0.15) is 61.9 Å². The maximum atomic E-state index is 12.2. The summed E-state index contributed by atoms with van der Waals surface area (Å²) in [4.78, 5) is 86.8. The lowest BCUT2D eigenvalue weighted by atomic mass is 10.1. The van der Waals surface area contributed by atoms with Gasteiger partial charge in [-0.25, -0.2) is 54.7 Å². The Balaban J connectivity index is 0.000000342. The molecule has 424 valence electrons. The summed E-state index contributed by atoms with van der Waals surface area (Å²) in [5.41, 5.74) is 9.13. The standard InChI is InChI=1S/C15H15N5O4.C12H13N5O.C8H7ClN2O.C4H7N3.C3H3ClO3.C3H7NS.CH4N2O.CH4O/c1-4-10-18-7-20(19-10)14-12-11(9(23-2)6-17-14)8(5-16-12)13(21)15(22)24-3;1-3-10-15-7-17(16-10)12-11-8(4-5-13-11)9(18-2)6-14-12;1-12-6-4-11-8(9)7-5(6)2-3-10-7;1-2-4-5-3-6-7-4;1-7-3(6)2(4)5;1-2-3(4)5;2-3-1-4;1-2/h5-7,16H,4H2,1-3H3;4-7,13H,3H2,1-2H3;2-4,10H,1H3;3H,2H2,1H3,(H,5,6,7);1H3;2H2,1H3,(H2,4,5);1H,2H2,(H,3,4);2H,1H3. The van der Waals surface area contributed by atoms with Crippen LogP contribution >= 0.6 is 35.4 Å². The van der Waals surface area contributed by atoms with Gasteiger partial charge in [0.2, 0.25) is 6.41 Å². The fraction of sp³-hybridized carbons (Fsp3) is 0.298. The summed E-state index contributed by atoms with van der Waals surface area (Å²) >= 11 is 14.9. The van der Waals surface area contributed by atoms with Crippen LogP contribution in [0.25, 0.3) is 44.3 Å². The summed E-state index contributed by atoms with van der Waals surface area (Å²) in [6.07, 6.45) is 18.2. The molecule has 32 heteroatoms. The van der Waals surface area contributed by atoms with Gasteiger partial charge < -0.3 is 49.5 Å². The van der Waals surface area contributed by atoms with E-state index in [0.717, 1.165) is 91.4 Å². The average Bonchev–Trinajstić information content (AvgIpc) is 4.39. The zero-order chi connectivity index (χ0) is 59.0. The summed E-state index contributed by atoms with van der Waals surface area (Å²) in [5, 5.41) is 23.8. The number of aryl methyl sites for hydroxylation is 3. The number of Topliss-reactive ketones (excluding diaryl/α,β-unsaturated/α-hetero) is 1. The molecule has 0 aliphatic carbocycles. The number of fused-ring (bicyclic) bond motifs is 3. The van der Waals surface area contributed by atoms with Gasteiger partial charge in [-0.3, -0.25) is 24.9 Å². The third-order valence-electron chi connectivity index (χ3n) is 9.69. The number of ketones is 1. The van der Waals surface area contributed by atoms with Gasteiger partial charge in [0.1, 0.15) is 42.1 Å². The second-order valence-electron chi connectivity index (χ2n) is 14.3. The van der Waals surface area contributed by atoms with Crippen LogP contribution in [-0.4, -0.2) is 157 Å². The third kappa shape index (κ3) is 19.2. The average molecular weight is 1160 g/mol. The molecule has 0 radical (unpaired) electrons. The molecule has 0 saturated heterocycles. The molecule has 10 N–H and O–H groups in total. The van der Waals surface area contributed by atoms with Gasteiger partial charge >= 0.3 is 17.2 Å². The summed E-state index contributed by atoms with van der Waals surface area (Å²) in [6, 6.07) is 3.86. The van der Waals surface area contributed by atoms with Crippen molar-refractivity contribution in [3.63, 3.8) is 0 Å². The molecular formula is C47H60Cl2N18O11S. The number of H-pyrrole nitrogens is 4. The number of esters is 2. The van der Waals surface area contributed by atoms with Crippen molar-refractivity contribution >= 4 is 102 Å². The van der Waals surface area contributed by atoms with E-state index in [1.54, 1.807) is 49.2 Å². The van der Waals surface area contributed by atoms with E-state index in [9.17, 15) is 19.2 Å². The minimum absolute atomic E-state index is 0.146. The number of aromatic amines is 4. The van der Waals surface area contributed by atoms with E-state index in [1.165, 1.54) is 36.8 Å². The normalized spacial score (nSPS) is 9.70. The number of rotatable bonds is 13. The Bertz CT molecular complexity index is 3320. The number of amides is 1. The number of aliphatic hydroxyl groups is 1. The number of pyridine rings is 3. The number of hydrogen-bond donors (Lipinski definition) is 8. The molecule has 9 aromatic rings. The predicted molar refractivity (Wildman–Crippen MR) is 295 cm³/mol. The Morgan fingerprint density at radius 2 is 1.20 bits per heavy atom. The molecular weight excluding hydrogens is 1100 g/mol. The van der Waals surface area contributed by atoms with Crippen molar-refractivity contribution in [2.45, 2.75) is 53.4 Å². The van der Waals surface area contributed by atoms with Crippen molar-refractivity contribution < 1.29 is 52.8 Å². The highest BCUT2D eigenvalue weighted by Crippen LogP contribution is 2.32. The lowest BCUT2D eigenvalue weighted by Crippen LogP contribution is -2.18. The molecule has 1 amide bonds. The molecule has 0 atom stereocenters. The number of carbonyl (C=O) groups is 5. The van der Waals surface area contributed by atoms with Crippen molar-refractivity contribution in [2.75, 3.05) is 42.7 Å². The van der Waals surface area contributed by atoms with Crippen molar-refractivity contribution in [2.24, 2.45) is 11.6 Å². The van der Waals surface area contributed by atoms with Gasteiger partial charge in [-0.1, -0.05) is 51.5 Å². The third-order valence-corrected chi connectivity index (χ3v) is 10.4. The number of halogens is 2. The van der Waals surface area contributed by atoms with E-state index < -0.39 is 23.0 Å². The van der Waals surface area contributed by atoms with Gasteiger partial charge in [0.25, 0.3) is 5.78 Å². The number of nitrogens with one attached hydrogen (secondary N) is 5. The molecule has 0 fully saturated rings. The number of nitrogens with zero attached hydrogens (tertiary/aromatic N) is 11. The van der Waals surface area contributed by atoms with E-state index in [0.29, 0.717) is 51.3 Å². The van der Waals surface area contributed by atoms with Gasteiger partial charge in [-0.15, -0.1) is 10.2 Å². The highest BCUT2D eigenvalue weighted by molar-refractivity contribution is 7.80. The number of nitrogens with two attached hydrogens (primary N) is 2. The summed E-state index contributed by atoms with van der Waals surface area (Å²) in [5.74, 6) is 7.07. The SMILES string of the molecule is CCC(N)=S.CCc1ncn(-c2ncc(OC)c3c(C(=O)C(=O)OC)c[nH]c23)n1.CCc1ncn(-c2ncc(OC)c3cc[nH]c23)n1.CCc1ncn[nH]1.CO.COC(=O)C(=O)Cl.COc1cnc(Cl)c2[nH]ccc12.NNC=O. The quantitative estimate of drug-likeness (QED) is 0.00766. The zero-order valence-corrected chi connectivity index (χ0v) is 46.9. The minimum atomic E-state index is -1.09. The van der Waals surface area contributed by atoms with E-state index in [-0.39, 0.29) is 5.56 Å². The largest absolute Gasteiger partial charge is 0.494 e. The Morgan fingerprint density at radius 3 is 1.59 bits per heavy atom. The maximum Gasteiger partial charge on any atom is 0.391 e. The first kappa shape index (κ1) is 66.1. The van der Waals surface area contributed by atoms with E-state index in [1.807, 2.05) is 46.0 Å². The van der Waals surface area contributed by atoms with Crippen LogP contribution in [0.5, 0.6) is 17.2 Å². The fourth-order valence-electron chi connectivity index (χ4n) is 5.93. The van der Waals surface area contributed by atoms with E-state index >= 15 is 0 Å². The smallest absolute Gasteiger partial charge is 0.391 e. The van der Waals surface area contributed by atoms with Crippen LogP contribution in [0, 0.1) is 0 Å². The molecule has 9 rings (SSSR count). The molecule has 29 nitrogen and oxygen atoms in total. The van der Waals surface area contributed by atoms with Gasteiger partial charge in [0.15, 0.2) is 28.4 Å². The Hall–Kier alpha value is -8.97. The number of ether oxygens (including phenoxy) is 5. The van der Waals surface area contributed by atoms with E-state index in [4.69, 9.17) is 41.4 Å². The number of carbonyl (C=O) groups excluding carboxylic acids is 5. The summed E-state index contributed by atoms with van der Waals surface area (Å²) in [6.45, 7) is 7.92. The minimum Gasteiger partial charge on any atom is -0.494 e. The predicted octanol–water partition coefficient (Wildman–Crippen LogP) is 4.20. The first-order valence-corrected chi connectivity index (χ1v) is 24.1. The van der Waals surface area contributed by atoms with Crippen LogP contribution in [0.3, 0.4) is 0 Å². The number of methoxy groups -OCH3 is 5. The molecule has 9 aromatic heterocycles. The van der Waals surface area contributed by atoms with Crippen molar-refractivity contribution in [3.05, 3.63) is 96.5 Å². The second-order valence-corrected chi connectivity index (χ2v) is 15.5. The van der Waals surface area contributed by atoms with Crippen LogP contribution in [0.15, 0.2) is 68.3 Å². The molecule has 0 bridgehead atoms. The zero-order valence-electron chi connectivity index (χ0n) is 44.5. The van der Waals surface area contributed by atoms with Crippen molar-refractivity contribution in [1.29, 1.82) is 0 Å². The van der Waals surface area contributed by atoms with Gasteiger partial charge in [0, 0.05) is 55.7 Å². The first-order valence-electron chi connectivity index (χ1n) is 23.0. The van der Waals surface area contributed by atoms with Gasteiger partial charge in [0.05, 0.1) is 86.6 Å². The highest BCUT2D eigenvalue weighted by Gasteiger charge is 2.25. The first-order chi connectivity index (χ1) is 38.1. The van der Waals surface area contributed by atoms with E-state index in [2.05, 4.69) is 104 Å². The van der Waals surface area contributed by atoms with Crippen LogP contribution < -0.4 is 31.2 Å². The van der Waals surface area contributed by atoms with Crippen LogP contribution in [-0.2, 0) is 47.9 Å². The molecule has 0 aliphatic heterocycles. The van der Waals surface area contributed by atoms with Gasteiger partial charge in [-0.2, -0.15) is 5.10 Å². The lowest BCUT2D eigenvalue weighted by molar-refractivity contribution is -0.148. The summed E-state index contributed by atoms with van der Waals surface area (Å²) < 4.78 is 27.2. The number of aromatic nitrogens is 15. The molecule has 0 saturated carbocycles. The summed E-state index contributed by atoms with van der Waals surface area (Å²) in [7, 11) is 7.94. The molecule has 0 unspecified atom stereocenters. The molecule has 0 aromatic carbocycles. The van der Waals surface area contributed by atoms with Crippen LogP contribution in [0.2, 0.25) is 5.15 Å². The Kier molecular flexibility index (Phi) is 29.6. The van der Waals surface area contributed by atoms with Crippen LogP contribution in [0.4, 0.5) is 0 Å². The number of hydrogen-bond acceptors (Lipinski definition) is 22. The van der Waals surface area contributed by atoms with Crippen molar-refractivity contribution in [3.8, 4) is 28.9 Å². The lowest BCUT2D eigenvalue weighted by Gasteiger charge is -2.07. The molecule has 9 heterocycles. The molecule has 0 spiro atoms. The molecule has 0 aliphatic rings. The van der Waals surface area contributed by atoms with Crippen molar-refractivity contribution in [1.82, 2.24) is 80.0 Å². The van der Waals surface area contributed by atoms with Gasteiger partial charge in [-0.05, 0) is 30.2 Å². The molecule has 79 heavy (non-hydrogen) atoms. The topological polar surface area (TPSA) is 405 Å². The number of thiocarbonyl (C=S) groups is 1. The monoisotopic (exact) mass is 1150 g/mol. The Labute approximate surface area is 466 Å². The number of hydrazine groups is 1. The maximum absolute atomic E-state index is 12.2. The highest BCUT2D eigenvalue weighted by atomic mass is 35.5.